The summed E-state index contributed by atoms with van der Waals surface area (Å²) in [5.74, 6) is -1.74. The number of likely N-dealkylation sites (N-methyl/N-ethyl adjacent to an activating group) is 1. The number of hydrogen-bond acceptors (Lipinski definition) is 5. The van der Waals surface area contributed by atoms with Gasteiger partial charge < -0.3 is 14.4 Å². The van der Waals surface area contributed by atoms with E-state index in [2.05, 4.69) is 86.8 Å². The molecule has 0 bridgehead atoms. The lowest BCUT2D eigenvalue weighted by molar-refractivity contribution is -0.185. The molecule has 0 N–H and O–H groups in total. The Morgan fingerprint density at radius 3 is 1.38 bits per heavy atom. The first-order valence-electron chi connectivity index (χ1n) is 18.6. The second-order valence-corrected chi connectivity index (χ2v) is 12.7. The minimum Gasteiger partial charge on any atom is -0.444 e. The Morgan fingerprint density at radius 1 is 0.574 bits per heavy atom. The van der Waals surface area contributed by atoms with Gasteiger partial charge in [0, 0.05) is 12.8 Å². The summed E-state index contributed by atoms with van der Waals surface area (Å²) in [7, 11) is 3.85. The lowest BCUT2D eigenvalue weighted by Crippen LogP contribution is -2.48. The molecule has 0 amide bonds. The molecule has 0 saturated carbocycles. The van der Waals surface area contributed by atoms with Crippen molar-refractivity contribution in [3.63, 3.8) is 0 Å². The molecule has 0 saturated heterocycles. The van der Waals surface area contributed by atoms with Crippen LogP contribution in [0.1, 0.15) is 142 Å². The standard InChI is InChI=1S/C42H67NO4/c1-5-7-9-11-13-15-17-19-21-23-25-27-29-31-33-35-40(44)42(46-38-39(47-42)37-43(3)4)41(45)36-34-32-30-28-26-24-22-20-18-16-14-12-10-8-6-2/h7-10,13-16,19-22,38H,5-6,11-12,17-18,23-37H2,1-4H3/b9-7-,10-8-,15-13-,16-14-,21-19-,22-20-. The average Bonchev–Trinajstić information content (AvgIpc) is 3.49. The third-order valence-electron chi connectivity index (χ3n) is 7.95. The van der Waals surface area contributed by atoms with Crippen LogP contribution in [-0.4, -0.2) is 42.9 Å². The maximum Gasteiger partial charge on any atom is 0.372 e. The van der Waals surface area contributed by atoms with Crippen LogP contribution >= 0.6 is 0 Å². The number of carbonyl (C=O) groups excluding carboxylic acids is 2. The largest absolute Gasteiger partial charge is 0.444 e. The SMILES string of the molecule is CC/C=C\C/C=C\C/C=C\CCCCCCCC(=O)C1(C(=O)CCCCCCC/C=C\C/C=C\C/C=C\CC)OC=C(CN(C)C)O1. The topological polar surface area (TPSA) is 55.8 Å². The van der Waals surface area contributed by atoms with E-state index in [0.717, 1.165) is 116 Å². The molecule has 47 heavy (non-hydrogen) atoms. The van der Waals surface area contributed by atoms with Crippen molar-refractivity contribution in [1.82, 2.24) is 4.90 Å². The number of ketones is 2. The van der Waals surface area contributed by atoms with E-state index in [4.69, 9.17) is 9.47 Å². The number of hydrogen-bond donors (Lipinski definition) is 0. The van der Waals surface area contributed by atoms with Crippen molar-refractivity contribution >= 4 is 11.6 Å². The molecule has 0 aromatic heterocycles. The fourth-order valence-corrected chi connectivity index (χ4v) is 5.30. The molecule has 0 radical (unpaired) electrons. The van der Waals surface area contributed by atoms with Crippen molar-refractivity contribution in [3.05, 3.63) is 84.9 Å². The minimum absolute atomic E-state index is 0.243. The van der Waals surface area contributed by atoms with Crippen LogP contribution in [0.2, 0.25) is 0 Å². The summed E-state index contributed by atoms with van der Waals surface area (Å²) in [6.45, 7) is 4.80. The Hall–Kier alpha value is -2.92. The molecule has 5 nitrogen and oxygen atoms in total. The van der Waals surface area contributed by atoms with E-state index >= 15 is 0 Å². The Morgan fingerprint density at radius 2 is 0.957 bits per heavy atom. The van der Waals surface area contributed by atoms with Gasteiger partial charge in [-0.05, 0) is 91.1 Å². The van der Waals surface area contributed by atoms with Gasteiger partial charge in [-0.1, -0.05) is 125 Å². The van der Waals surface area contributed by atoms with Gasteiger partial charge in [0.25, 0.3) is 0 Å². The number of Topliss-reactive ketones (excluding diaryl/α,β-unsaturated/α-hetero) is 2. The van der Waals surface area contributed by atoms with Gasteiger partial charge in [-0.3, -0.25) is 9.59 Å². The van der Waals surface area contributed by atoms with Gasteiger partial charge in [0.05, 0.1) is 6.54 Å². The van der Waals surface area contributed by atoms with Gasteiger partial charge in [0.15, 0.2) is 5.76 Å². The molecule has 1 heterocycles. The third kappa shape index (κ3) is 21.6. The van der Waals surface area contributed by atoms with Crippen molar-refractivity contribution < 1.29 is 19.1 Å². The van der Waals surface area contributed by atoms with Crippen LogP contribution in [0.5, 0.6) is 0 Å². The Labute approximate surface area is 288 Å². The monoisotopic (exact) mass is 650 g/mol. The lowest BCUT2D eigenvalue weighted by atomic mass is 9.96. The highest BCUT2D eigenvalue weighted by Gasteiger charge is 2.52. The average molecular weight is 650 g/mol. The Bertz CT molecular complexity index is 963. The zero-order valence-corrected chi connectivity index (χ0v) is 30.4. The van der Waals surface area contributed by atoms with Crippen LogP contribution < -0.4 is 0 Å². The zero-order chi connectivity index (χ0) is 34.3. The summed E-state index contributed by atoms with van der Waals surface area (Å²) in [5, 5.41) is 0. The highest BCUT2D eigenvalue weighted by Crippen LogP contribution is 2.32. The lowest BCUT2D eigenvalue weighted by Gasteiger charge is -2.26. The number of rotatable bonds is 30. The second-order valence-electron chi connectivity index (χ2n) is 12.7. The normalized spacial score (nSPS) is 15.0. The molecule has 5 heteroatoms. The first-order valence-corrected chi connectivity index (χ1v) is 18.6. The zero-order valence-electron chi connectivity index (χ0n) is 30.4. The van der Waals surface area contributed by atoms with Gasteiger partial charge in [0.2, 0.25) is 11.6 Å². The summed E-state index contributed by atoms with van der Waals surface area (Å²) in [6, 6.07) is 0. The number of allylic oxidation sites excluding steroid dienone is 12. The fraction of sp³-hybridized carbons (Fsp3) is 0.619. The molecular weight excluding hydrogens is 582 g/mol. The first-order chi connectivity index (χ1) is 23.0. The van der Waals surface area contributed by atoms with Crippen molar-refractivity contribution in [2.45, 2.75) is 148 Å². The predicted octanol–water partition coefficient (Wildman–Crippen LogP) is 11.4. The van der Waals surface area contributed by atoms with Gasteiger partial charge >= 0.3 is 5.79 Å². The summed E-state index contributed by atoms with van der Waals surface area (Å²) >= 11 is 0. The molecule has 264 valence electrons. The smallest absolute Gasteiger partial charge is 0.372 e. The molecule has 0 unspecified atom stereocenters. The molecule has 0 aromatic rings. The van der Waals surface area contributed by atoms with Gasteiger partial charge in [0.1, 0.15) is 6.26 Å². The van der Waals surface area contributed by atoms with E-state index in [0.29, 0.717) is 25.1 Å². The Kier molecular flexibility index (Phi) is 26.2. The van der Waals surface area contributed by atoms with E-state index in [1.165, 1.54) is 6.26 Å². The summed E-state index contributed by atoms with van der Waals surface area (Å²) in [5.41, 5.74) is 0. The van der Waals surface area contributed by atoms with Crippen molar-refractivity contribution in [3.8, 4) is 0 Å². The summed E-state index contributed by atoms with van der Waals surface area (Å²) in [6.07, 6.45) is 47.4. The van der Waals surface area contributed by atoms with E-state index in [-0.39, 0.29) is 11.6 Å². The number of unbranched alkanes of at least 4 members (excludes halogenated alkanes) is 10. The van der Waals surface area contributed by atoms with Crippen LogP contribution in [0.3, 0.4) is 0 Å². The van der Waals surface area contributed by atoms with Gasteiger partial charge in [-0.25, -0.2) is 0 Å². The maximum atomic E-state index is 13.4. The van der Waals surface area contributed by atoms with Crippen molar-refractivity contribution in [1.29, 1.82) is 0 Å². The van der Waals surface area contributed by atoms with E-state index in [1.54, 1.807) is 0 Å². The highest BCUT2D eigenvalue weighted by molar-refractivity contribution is 6.09. The van der Waals surface area contributed by atoms with Crippen LogP contribution in [-0.2, 0) is 19.1 Å². The maximum absolute atomic E-state index is 13.4. The molecule has 1 aliphatic heterocycles. The molecule has 0 aliphatic carbocycles. The van der Waals surface area contributed by atoms with Crippen molar-refractivity contribution in [2.75, 3.05) is 20.6 Å². The van der Waals surface area contributed by atoms with Crippen LogP contribution in [0.15, 0.2) is 84.9 Å². The van der Waals surface area contributed by atoms with Crippen LogP contribution in [0, 0.1) is 0 Å². The van der Waals surface area contributed by atoms with Gasteiger partial charge in [-0.15, -0.1) is 0 Å². The third-order valence-corrected chi connectivity index (χ3v) is 7.95. The number of carbonyl (C=O) groups is 2. The molecule has 0 aromatic carbocycles. The number of ether oxygens (including phenoxy) is 2. The highest BCUT2D eigenvalue weighted by atomic mass is 16.7. The molecule has 0 fully saturated rings. The quantitative estimate of drug-likeness (QED) is 0.0440. The Balaban J connectivity index is 2.31. The molecule has 1 rings (SSSR count). The summed E-state index contributed by atoms with van der Waals surface area (Å²) < 4.78 is 11.8. The van der Waals surface area contributed by atoms with Crippen LogP contribution in [0.25, 0.3) is 0 Å². The summed E-state index contributed by atoms with van der Waals surface area (Å²) in [4.78, 5) is 28.7. The predicted molar refractivity (Wildman–Crippen MR) is 200 cm³/mol. The fourth-order valence-electron chi connectivity index (χ4n) is 5.30. The number of nitrogens with zero attached hydrogens (tertiary/aromatic N) is 1. The van der Waals surface area contributed by atoms with E-state index in [1.807, 2.05) is 19.0 Å². The van der Waals surface area contributed by atoms with Crippen LogP contribution in [0.4, 0.5) is 0 Å². The molecule has 0 atom stereocenters. The molecule has 1 aliphatic rings. The second kappa shape index (κ2) is 29.2. The van der Waals surface area contributed by atoms with Crippen molar-refractivity contribution in [2.24, 2.45) is 0 Å². The van der Waals surface area contributed by atoms with Gasteiger partial charge in [-0.2, -0.15) is 0 Å². The van der Waals surface area contributed by atoms with E-state index in [9.17, 15) is 9.59 Å². The van der Waals surface area contributed by atoms with E-state index < -0.39 is 5.79 Å². The minimum atomic E-state index is -1.79. The molecular formula is C42H67NO4. The molecule has 0 spiro atoms. The first kappa shape index (κ1) is 42.1.